The first-order chi connectivity index (χ1) is 14.8. The summed E-state index contributed by atoms with van der Waals surface area (Å²) in [4.78, 5) is 33.3. The number of aromatic nitrogens is 1. The third-order valence-electron chi connectivity index (χ3n) is 6.17. The average molecular weight is 428 g/mol. The van der Waals surface area contributed by atoms with Crippen LogP contribution in [0.5, 0.6) is 0 Å². The summed E-state index contributed by atoms with van der Waals surface area (Å²) in [5.41, 5.74) is 3.45. The summed E-state index contributed by atoms with van der Waals surface area (Å²) in [6, 6.07) is 12.5. The van der Waals surface area contributed by atoms with Crippen molar-refractivity contribution >= 4 is 17.7 Å². The Balaban J connectivity index is 0.000000401. The molecule has 1 fully saturated rings. The predicted molar refractivity (Wildman–Crippen MR) is 113 cm³/mol. The number of ketones is 1. The number of aryl methyl sites for hydroxylation is 1. The lowest BCUT2D eigenvalue weighted by Gasteiger charge is -2.41. The number of aliphatic hydroxyl groups excluding tert-OH is 1. The number of fused-ring (bicyclic) bond motifs is 1. The molecule has 166 valence electrons. The van der Waals surface area contributed by atoms with E-state index in [-0.39, 0.29) is 23.8 Å². The van der Waals surface area contributed by atoms with Gasteiger partial charge in [0.1, 0.15) is 0 Å². The quantitative estimate of drug-likeness (QED) is 0.502. The fourth-order valence-electron chi connectivity index (χ4n) is 4.47. The molecular weight excluding hydrogens is 400 g/mol. The molecule has 2 aliphatic rings. The minimum absolute atomic E-state index is 0.109. The van der Waals surface area contributed by atoms with Gasteiger partial charge in [-0.1, -0.05) is 24.3 Å². The Labute approximate surface area is 180 Å². The molecule has 0 radical (unpaired) electrons. The SMILES string of the molecule is Cn1cccc1C(=O)C1CCN(C2Cc3ccccc3CC2O)CC1.O=C(O)C(=O)O. The van der Waals surface area contributed by atoms with Crippen LogP contribution in [-0.2, 0) is 29.5 Å². The number of aliphatic hydroxyl groups is 1. The molecule has 3 N–H and O–H groups in total. The van der Waals surface area contributed by atoms with E-state index in [1.54, 1.807) is 0 Å². The maximum Gasteiger partial charge on any atom is 0.414 e. The molecule has 2 aromatic rings. The molecule has 1 aliphatic carbocycles. The number of carboxylic acids is 2. The van der Waals surface area contributed by atoms with Crippen LogP contribution in [0.4, 0.5) is 0 Å². The van der Waals surface area contributed by atoms with Crippen LogP contribution in [0.3, 0.4) is 0 Å². The van der Waals surface area contributed by atoms with E-state index in [2.05, 4.69) is 23.1 Å². The van der Waals surface area contributed by atoms with Crippen molar-refractivity contribution in [2.75, 3.05) is 13.1 Å². The second kappa shape index (κ2) is 9.89. The highest BCUT2D eigenvalue weighted by atomic mass is 16.4. The zero-order valence-corrected chi connectivity index (χ0v) is 17.5. The average Bonchev–Trinajstić information content (AvgIpc) is 3.19. The van der Waals surface area contributed by atoms with Crippen molar-refractivity contribution in [1.29, 1.82) is 0 Å². The first kappa shape index (κ1) is 22.7. The smallest absolute Gasteiger partial charge is 0.414 e. The molecule has 0 saturated carbocycles. The van der Waals surface area contributed by atoms with Crippen molar-refractivity contribution < 1.29 is 29.7 Å². The van der Waals surface area contributed by atoms with Gasteiger partial charge >= 0.3 is 11.9 Å². The lowest BCUT2D eigenvalue weighted by atomic mass is 9.83. The van der Waals surface area contributed by atoms with Gasteiger partial charge in [-0.3, -0.25) is 9.69 Å². The Kier molecular flexibility index (Phi) is 7.25. The van der Waals surface area contributed by atoms with Crippen LogP contribution in [0.25, 0.3) is 0 Å². The number of aliphatic carboxylic acids is 2. The monoisotopic (exact) mass is 428 g/mol. The second-order valence-corrected chi connectivity index (χ2v) is 8.10. The van der Waals surface area contributed by atoms with Crippen LogP contribution in [0, 0.1) is 5.92 Å². The molecule has 0 bridgehead atoms. The number of likely N-dealkylation sites (tertiary alicyclic amines) is 1. The van der Waals surface area contributed by atoms with Gasteiger partial charge in [-0.05, 0) is 55.6 Å². The molecule has 8 heteroatoms. The molecule has 8 nitrogen and oxygen atoms in total. The summed E-state index contributed by atoms with van der Waals surface area (Å²) >= 11 is 0. The highest BCUT2D eigenvalue weighted by molar-refractivity contribution is 6.27. The molecule has 1 aromatic carbocycles. The van der Waals surface area contributed by atoms with Gasteiger partial charge in [0.2, 0.25) is 0 Å². The number of benzene rings is 1. The van der Waals surface area contributed by atoms with E-state index in [9.17, 15) is 9.90 Å². The normalized spacial score (nSPS) is 21.5. The Morgan fingerprint density at radius 3 is 2.00 bits per heavy atom. The van der Waals surface area contributed by atoms with Gasteiger partial charge in [-0.2, -0.15) is 0 Å². The summed E-state index contributed by atoms with van der Waals surface area (Å²) in [5, 5.41) is 25.4. The molecule has 2 heterocycles. The zero-order chi connectivity index (χ0) is 22.5. The lowest BCUT2D eigenvalue weighted by molar-refractivity contribution is -0.159. The Morgan fingerprint density at radius 2 is 1.48 bits per heavy atom. The van der Waals surface area contributed by atoms with Gasteiger partial charge in [-0.25, -0.2) is 9.59 Å². The molecule has 2 atom stereocenters. The van der Waals surface area contributed by atoms with Gasteiger partial charge < -0.3 is 19.9 Å². The van der Waals surface area contributed by atoms with E-state index in [0.29, 0.717) is 0 Å². The van der Waals surface area contributed by atoms with Crippen LogP contribution in [-0.4, -0.2) is 67.7 Å². The number of rotatable bonds is 3. The summed E-state index contributed by atoms with van der Waals surface area (Å²) in [5.74, 6) is -3.27. The van der Waals surface area contributed by atoms with Crippen molar-refractivity contribution in [1.82, 2.24) is 9.47 Å². The van der Waals surface area contributed by atoms with Crippen molar-refractivity contribution in [2.24, 2.45) is 13.0 Å². The van der Waals surface area contributed by atoms with E-state index in [1.165, 1.54) is 11.1 Å². The predicted octanol–water partition coefficient (Wildman–Crippen LogP) is 1.60. The summed E-state index contributed by atoms with van der Waals surface area (Å²) in [6.45, 7) is 1.79. The van der Waals surface area contributed by atoms with Crippen LogP contribution in [0.1, 0.15) is 34.5 Å². The maximum atomic E-state index is 12.7. The second-order valence-electron chi connectivity index (χ2n) is 8.10. The van der Waals surface area contributed by atoms with Crippen LogP contribution in [0.15, 0.2) is 42.6 Å². The lowest BCUT2D eigenvalue weighted by Crippen LogP contribution is -2.51. The Hall–Kier alpha value is -2.97. The molecule has 1 aromatic heterocycles. The largest absolute Gasteiger partial charge is 0.473 e. The number of nitrogens with zero attached hydrogens (tertiary/aromatic N) is 2. The van der Waals surface area contributed by atoms with Gasteiger partial charge in [0, 0.05) is 31.6 Å². The van der Waals surface area contributed by atoms with Gasteiger partial charge in [0.05, 0.1) is 11.8 Å². The Bertz CT molecular complexity index is 933. The number of carboxylic acid groups (broad SMARTS) is 2. The number of piperidine rings is 1. The number of hydrogen-bond acceptors (Lipinski definition) is 5. The number of carbonyl (C=O) groups is 3. The van der Waals surface area contributed by atoms with E-state index in [1.807, 2.05) is 36.0 Å². The van der Waals surface area contributed by atoms with E-state index >= 15 is 0 Å². The zero-order valence-electron chi connectivity index (χ0n) is 17.5. The highest BCUT2D eigenvalue weighted by Crippen LogP contribution is 2.29. The Morgan fingerprint density at radius 1 is 0.903 bits per heavy atom. The first-order valence-corrected chi connectivity index (χ1v) is 10.4. The first-order valence-electron chi connectivity index (χ1n) is 10.4. The summed E-state index contributed by atoms with van der Waals surface area (Å²) in [6.07, 6.45) is 5.04. The molecule has 0 spiro atoms. The van der Waals surface area contributed by atoms with Gasteiger partial charge in [-0.15, -0.1) is 0 Å². The van der Waals surface area contributed by atoms with Gasteiger partial charge in [0.15, 0.2) is 5.78 Å². The van der Waals surface area contributed by atoms with Crippen molar-refractivity contribution in [3.8, 4) is 0 Å². The fourth-order valence-corrected chi connectivity index (χ4v) is 4.47. The summed E-state index contributed by atoms with van der Waals surface area (Å²) < 4.78 is 1.91. The summed E-state index contributed by atoms with van der Waals surface area (Å²) in [7, 11) is 1.93. The molecule has 2 unspecified atom stereocenters. The number of Topliss-reactive ketones (excluding diaryl/α,β-unsaturated/α-hetero) is 1. The third-order valence-corrected chi connectivity index (χ3v) is 6.17. The molecule has 31 heavy (non-hydrogen) atoms. The van der Waals surface area contributed by atoms with Crippen LogP contribution in [0.2, 0.25) is 0 Å². The number of hydrogen-bond donors (Lipinski definition) is 3. The van der Waals surface area contributed by atoms with Gasteiger partial charge in [0.25, 0.3) is 0 Å². The van der Waals surface area contributed by atoms with E-state index < -0.39 is 11.9 Å². The topological polar surface area (TPSA) is 120 Å². The van der Waals surface area contributed by atoms with Crippen molar-refractivity contribution in [3.63, 3.8) is 0 Å². The molecule has 1 saturated heterocycles. The third kappa shape index (κ3) is 5.39. The van der Waals surface area contributed by atoms with Crippen molar-refractivity contribution in [3.05, 3.63) is 59.4 Å². The maximum absolute atomic E-state index is 12.7. The molecule has 1 aliphatic heterocycles. The molecule has 4 rings (SSSR count). The minimum atomic E-state index is -1.82. The molecular formula is C23H28N2O6. The number of carbonyl (C=O) groups excluding carboxylic acids is 1. The standard InChI is InChI=1S/C21H26N2O2.C2H2O4/c1-22-10-4-7-18(22)21(25)15-8-11-23(12-9-15)19-13-16-5-2-3-6-17(16)14-20(19)24;3-1(4)2(5)6/h2-7,10,15,19-20,24H,8-9,11-14H2,1H3;(H,3,4)(H,5,6). The van der Waals surface area contributed by atoms with E-state index in [4.69, 9.17) is 19.8 Å². The van der Waals surface area contributed by atoms with Crippen LogP contribution < -0.4 is 0 Å². The highest BCUT2D eigenvalue weighted by Gasteiger charge is 2.35. The van der Waals surface area contributed by atoms with E-state index in [0.717, 1.165) is 44.5 Å². The van der Waals surface area contributed by atoms with Crippen molar-refractivity contribution in [2.45, 2.75) is 37.8 Å². The fraction of sp³-hybridized carbons (Fsp3) is 0.435. The van der Waals surface area contributed by atoms with Crippen LogP contribution >= 0.6 is 0 Å². The minimum Gasteiger partial charge on any atom is -0.473 e. The molecule has 0 amide bonds.